The Balaban J connectivity index is 1.91. The van der Waals surface area contributed by atoms with Gasteiger partial charge in [-0.15, -0.1) is 0 Å². The van der Waals surface area contributed by atoms with Crippen molar-refractivity contribution in [1.82, 2.24) is 0 Å². The zero-order valence-electron chi connectivity index (χ0n) is 14.7. The predicted octanol–water partition coefficient (Wildman–Crippen LogP) is 4.78. The summed E-state index contributed by atoms with van der Waals surface area (Å²) in [7, 11) is 0. The molecule has 2 aromatic carbocycles. The molecule has 0 aliphatic carbocycles. The lowest BCUT2D eigenvalue weighted by atomic mass is 10.2. The van der Waals surface area contributed by atoms with Crippen LogP contribution in [-0.4, -0.2) is 19.2 Å². The summed E-state index contributed by atoms with van der Waals surface area (Å²) >= 11 is 0. The first kappa shape index (κ1) is 18.9. The SMILES string of the molecule is C=C(C)C(=O)OCCOc1ccc(N=Nc2ccc(C#N)cc2)cc1C. The summed E-state index contributed by atoms with van der Waals surface area (Å²) in [5.41, 5.74) is 3.19. The number of ether oxygens (including phenoxy) is 2. The average molecular weight is 349 g/mol. The number of benzene rings is 2. The summed E-state index contributed by atoms with van der Waals surface area (Å²) in [6, 6.07) is 14.3. The highest BCUT2D eigenvalue weighted by Crippen LogP contribution is 2.25. The maximum atomic E-state index is 11.3. The maximum absolute atomic E-state index is 11.3. The number of carbonyl (C=O) groups excluding carboxylic acids is 1. The fourth-order valence-electron chi connectivity index (χ4n) is 1.99. The van der Waals surface area contributed by atoms with Crippen molar-refractivity contribution in [2.24, 2.45) is 10.2 Å². The third-order valence-corrected chi connectivity index (χ3v) is 3.36. The molecule has 0 bridgehead atoms. The van der Waals surface area contributed by atoms with Gasteiger partial charge in [0.15, 0.2) is 0 Å². The topological polar surface area (TPSA) is 84.0 Å². The highest BCUT2D eigenvalue weighted by molar-refractivity contribution is 5.86. The van der Waals surface area contributed by atoms with E-state index in [1.54, 1.807) is 43.3 Å². The molecular weight excluding hydrogens is 330 g/mol. The van der Waals surface area contributed by atoms with Crippen LogP contribution in [0.4, 0.5) is 11.4 Å². The molecule has 0 aromatic heterocycles. The third kappa shape index (κ3) is 5.56. The van der Waals surface area contributed by atoms with Crippen LogP contribution in [0.15, 0.2) is 64.8 Å². The summed E-state index contributed by atoms with van der Waals surface area (Å²) in [6.45, 7) is 7.42. The minimum atomic E-state index is -0.427. The summed E-state index contributed by atoms with van der Waals surface area (Å²) in [6.07, 6.45) is 0. The zero-order valence-corrected chi connectivity index (χ0v) is 14.7. The average Bonchev–Trinajstić information content (AvgIpc) is 2.64. The minimum absolute atomic E-state index is 0.158. The van der Waals surface area contributed by atoms with E-state index in [1.807, 2.05) is 13.0 Å². The number of hydrogen-bond donors (Lipinski definition) is 0. The van der Waals surface area contributed by atoms with Crippen LogP contribution in [0, 0.1) is 18.3 Å². The molecule has 6 heteroatoms. The van der Waals surface area contributed by atoms with E-state index in [1.165, 1.54) is 0 Å². The molecule has 2 aromatic rings. The van der Waals surface area contributed by atoms with Crippen LogP contribution in [0.5, 0.6) is 5.75 Å². The Morgan fingerprint density at radius 1 is 1.12 bits per heavy atom. The van der Waals surface area contributed by atoms with E-state index in [0.29, 0.717) is 28.3 Å². The Labute approximate surface area is 152 Å². The maximum Gasteiger partial charge on any atom is 0.333 e. The molecule has 0 atom stereocenters. The van der Waals surface area contributed by atoms with E-state index >= 15 is 0 Å². The number of rotatable bonds is 7. The van der Waals surface area contributed by atoms with Crippen LogP contribution < -0.4 is 4.74 Å². The molecule has 0 N–H and O–H groups in total. The van der Waals surface area contributed by atoms with Gasteiger partial charge in [-0.3, -0.25) is 0 Å². The number of nitrogens with zero attached hydrogens (tertiary/aromatic N) is 3. The van der Waals surface area contributed by atoms with Gasteiger partial charge in [0.2, 0.25) is 0 Å². The van der Waals surface area contributed by atoms with Crippen LogP contribution in [0.1, 0.15) is 18.1 Å². The van der Waals surface area contributed by atoms with Gasteiger partial charge >= 0.3 is 5.97 Å². The van der Waals surface area contributed by atoms with Crippen molar-refractivity contribution in [2.75, 3.05) is 13.2 Å². The quantitative estimate of drug-likeness (QED) is 0.312. The molecule has 0 heterocycles. The normalized spacial score (nSPS) is 10.3. The van der Waals surface area contributed by atoms with E-state index in [9.17, 15) is 4.79 Å². The first-order valence-electron chi connectivity index (χ1n) is 7.97. The Morgan fingerprint density at radius 2 is 1.77 bits per heavy atom. The highest BCUT2D eigenvalue weighted by Gasteiger charge is 2.04. The molecule has 0 aliphatic heterocycles. The summed E-state index contributed by atoms with van der Waals surface area (Å²) in [5, 5.41) is 17.1. The number of azo groups is 1. The molecule has 132 valence electrons. The molecule has 0 fully saturated rings. The second-order valence-electron chi connectivity index (χ2n) is 5.57. The van der Waals surface area contributed by atoms with Crippen LogP contribution >= 0.6 is 0 Å². The van der Waals surface area contributed by atoms with Gasteiger partial charge in [0.1, 0.15) is 19.0 Å². The van der Waals surface area contributed by atoms with Gasteiger partial charge in [0.05, 0.1) is 23.0 Å². The van der Waals surface area contributed by atoms with Crippen molar-refractivity contribution < 1.29 is 14.3 Å². The second kappa shape index (κ2) is 9.14. The third-order valence-electron chi connectivity index (χ3n) is 3.36. The second-order valence-corrected chi connectivity index (χ2v) is 5.57. The molecule has 0 radical (unpaired) electrons. The van der Waals surface area contributed by atoms with E-state index in [-0.39, 0.29) is 13.2 Å². The highest BCUT2D eigenvalue weighted by atomic mass is 16.6. The van der Waals surface area contributed by atoms with Crippen molar-refractivity contribution in [3.63, 3.8) is 0 Å². The lowest BCUT2D eigenvalue weighted by Gasteiger charge is -2.10. The van der Waals surface area contributed by atoms with Crippen molar-refractivity contribution in [3.05, 3.63) is 65.7 Å². The van der Waals surface area contributed by atoms with Gasteiger partial charge < -0.3 is 9.47 Å². The molecule has 0 amide bonds. The zero-order chi connectivity index (χ0) is 18.9. The number of esters is 1. The minimum Gasteiger partial charge on any atom is -0.490 e. The number of aryl methyl sites for hydroxylation is 1. The molecule has 26 heavy (non-hydrogen) atoms. The Morgan fingerprint density at radius 3 is 2.38 bits per heavy atom. The van der Waals surface area contributed by atoms with E-state index < -0.39 is 5.97 Å². The molecule has 0 spiro atoms. The molecule has 0 aliphatic rings. The molecule has 6 nitrogen and oxygen atoms in total. The van der Waals surface area contributed by atoms with Crippen molar-refractivity contribution in [2.45, 2.75) is 13.8 Å². The Kier molecular flexibility index (Phi) is 6.63. The largest absolute Gasteiger partial charge is 0.490 e. The van der Waals surface area contributed by atoms with Crippen molar-refractivity contribution in [3.8, 4) is 11.8 Å². The van der Waals surface area contributed by atoms with Crippen molar-refractivity contribution in [1.29, 1.82) is 5.26 Å². The van der Waals surface area contributed by atoms with E-state index in [2.05, 4.69) is 22.9 Å². The first-order valence-corrected chi connectivity index (χ1v) is 7.97. The number of hydrogen-bond acceptors (Lipinski definition) is 6. The fraction of sp³-hybridized carbons (Fsp3) is 0.200. The molecule has 0 unspecified atom stereocenters. The van der Waals surface area contributed by atoms with Gasteiger partial charge in [-0.25, -0.2) is 4.79 Å². The summed E-state index contributed by atoms with van der Waals surface area (Å²) < 4.78 is 10.6. The number of nitriles is 1. The lowest BCUT2D eigenvalue weighted by molar-refractivity contribution is -0.139. The van der Waals surface area contributed by atoms with Crippen molar-refractivity contribution >= 4 is 17.3 Å². The van der Waals surface area contributed by atoms with Crippen LogP contribution in [0.2, 0.25) is 0 Å². The van der Waals surface area contributed by atoms with Crippen LogP contribution in [-0.2, 0) is 9.53 Å². The Bertz CT molecular complexity index is 865. The summed E-state index contributed by atoms with van der Waals surface area (Å²) in [5.74, 6) is 0.262. The standard InChI is InChI=1S/C20H19N3O3/c1-14(2)20(24)26-11-10-25-19-9-8-18(12-15(19)3)23-22-17-6-4-16(13-21)5-7-17/h4-9,12H,1,10-11H2,2-3H3. The first-order chi connectivity index (χ1) is 12.5. The van der Waals surface area contributed by atoms with Gasteiger partial charge in [-0.2, -0.15) is 15.5 Å². The smallest absolute Gasteiger partial charge is 0.333 e. The van der Waals surface area contributed by atoms with Gasteiger partial charge in [-0.05, 0) is 61.9 Å². The van der Waals surface area contributed by atoms with Gasteiger partial charge in [-0.1, -0.05) is 6.58 Å². The lowest BCUT2D eigenvalue weighted by Crippen LogP contribution is -2.12. The van der Waals surface area contributed by atoms with E-state index in [0.717, 1.165) is 5.56 Å². The molecule has 0 saturated carbocycles. The van der Waals surface area contributed by atoms with Crippen LogP contribution in [0.25, 0.3) is 0 Å². The molecule has 0 saturated heterocycles. The Hall–Kier alpha value is -3.46. The van der Waals surface area contributed by atoms with E-state index in [4.69, 9.17) is 14.7 Å². The molecular formula is C20H19N3O3. The van der Waals surface area contributed by atoms with Crippen LogP contribution in [0.3, 0.4) is 0 Å². The number of carbonyl (C=O) groups is 1. The monoisotopic (exact) mass is 349 g/mol. The summed E-state index contributed by atoms with van der Waals surface area (Å²) in [4.78, 5) is 11.3. The van der Waals surface area contributed by atoms with Gasteiger partial charge in [0.25, 0.3) is 0 Å². The fourth-order valence-corrected chi connectivity index (χ4v) is 1.99. The molecule has 2 rings (SSSR count). The predicted molar refractivity (Wildman–Crippen MR) is 97.8 cm³/mol. The van der Waals surface area contributed by atoms with Gasteiger partial charge in [0, 0.05) is 5.57 Å².